The van der Waals surface area contributed by atoms with E-state index in [1.54, 1.807) is 13.0 Å². The fraction of sp³-hybridized carbons (Fsp3) is 0.308. The third-order valence-corrected chi connectivity index (χ3v) is 5.94. The third kappa shape index (κ3) is 5.80. The van der Waals surface area contributed by atoms with E-state index in [4.69, 9.17) is 16.3 Å². The highest BCUT2D eigenvalue weighted by Crippen LogP contribution is 2.25. The van der Waals surface area contributed by atoms with E-state index in [-0.39, 0.29) is 31.0 Å². The van der Waals surface area contributed by atoms with Crippen molar-refractivity contribution in [3.8, 4) is 5.75 Å². The van der Waals surface area contributed by atoms with Crippen molar-refractivity contribution in [1.82, 2.24) is 10.2 Å². The Hall–Kier alpha value is -3.05. The van der Waals surface area contributed by atoms with Crippen LogP contribution < -0.4 is 10.1 Å². The summed E-state index contributed by atoms with van der Waals surface area (Å²) in [5.41, 5.74) is 0.774. The molecule has 5 nitrogen and oxygen atoms in total. The van der Waals surface area contributed by atoms with Crippen molar-refractivity contribution in [3.63, 3.8) is 0 Å². The number of rotatable bonds is 9. The Morgan fingerprint density at radius 3 is 2.44 bits per heavy atom. The van der Waals surface area contributed by atoms with Gasteiger partial charge in [0.1, 0.15) is 11.8 Å². The fourth-order valence-electron chi connectivity index (χ4n) is 3.40. The minimum absolute atomic E-state index is 0.0224. The topological polar surface area (TPSA) is 58.6 Å². The van der Waals surface area contributed by atoms with E-state index < -0.39 is 6.04 Å². The van der Waals surface area contributed by atoms with Gasteiger partial charge in [-0.15, -0.1) is 0 Å². The Kier molecular flexibility index (Phi) is 8.12. The van der Waals surface area contributed by atoms with E-state index in [0.717, 1.165) is 22.8 Å². The second-order valence-corrected chi connectivity index (χ2v) is 8.28. The number of hydrogen-bond acceptors (Lipinski definition) is 3. The molecule has 0 fully saturated rings. The van der Waals surface area contributed by atoms with E-state index in [1.165, 1.54) is 4.90 Å². The number of nitrogens with one attached hydrogen (secondary N) is 1. The SMILES string of the molecule is CC[C@@H](C)NC(=O)[C@H](C)N(Cc1ccccc1Cl)C(=O)COc1cccc2ccccc12. The van der Waals surface area contributed by atoms with Crippen molar-refractivity contribution >= 4 is 34.2 Å². The Labute approximate surface area is 194 Å². The minimum atomic E-state index is -0.677. The molecule has 0 aromatic heterocycles. The molecule has 1 N–H and O–H groups in total. The zero-order valence-electron chi connectivity index (χ0n) is 18.7. The number of carbonyl (C=O) groups is 2. The largest absolute Gasteiger partial charge is 0.483 e. The fourth-order valence-corrected chi connectivity index (χ4v) is 3.60. The molecule has 3 aromatic rings. The highest BCUT2D eigenvalue weighted by Gasteiger charge is 2.27. The summed E-state index contributed by atoms with van der Waals surface area (Å²) in [5.74, 6) is 0.139. The van der Waals surface area contributed by atoms with Crippen molar-refractivity contribution in [1.29, 1.82) is 0 Å². The molecule has 0 aliphatic rings. The van der Waals surface area contributed by atoms with Crippen molar-refractivity contribution in [2.45, 2.75) is 45.8 Å². The summed E-state index contributed by atoms with van der Waals surface area (Å²) in [6.45, 7) is 5.70. The van der Waals surface area contributed by atoms with E-state index >= 15 is 0 Å². The van der Waals surface area contributed by atoms with Crippen LogP contribution in [0.4, 0.5) is 0 Å². The highest BCUT2D eigenvalue weighted by atomic mass is 35.5. The van der Waals surface area contributed by atoms with Gasteiger partial charge < -0.3 is 15.0 Å². The number of halogens is 1. The molecule has 3 rings (SSSR count). The second kappa shape index (κ2) is 11.0. The summed E-state index contributed by atoms with van der Waals surface area (Å²) in [6, 6.07) is 20.2. The predicted molar refractivity (Wildman–Crippen MR) is 129 cm³/mol. The van der Waals surface area contributed by atoms with Crippen molar-refractivity contribution in [2.75, 3.05) is 6.61 Å². The number of fused-ring (bicyclic) bond motifs is 1. The summed E-state index contributed by atoms with van der Waals surface area (Å²) in [6.07, 6.45) is 0.807. The van der Waals surface area contributed by atoms with Gasteiger partial charge in [0.15, 0.2) is 6.61 Å². The Morgan fingerprint density at radius 1 is 1.00 bits per heavy atom. The first kappa shape index (κ1) is 23.6. The maximum Gasteiger partial charge on any atom is 0.261 e. The van der Waals surface area contributed by atoms with Crippen LogP contribution in [0.15, 0.2) is 66.7 Å². The van der Waals surface area contributed by atoms with Crippen LogP contribution in [0.1, 0.15) is 32.8 Å². The van der Waals surface area contributed by atoms with Gasteiger partial charge in [0.25, 0.3) is 5.91 Å². The molecule has 0 saturated heterocycles. The summed E-state index contributed by atoms with van der Waals surface area (Å²) >= 11 is 6.33. The molecule has 0 heterocycles. The molecular weight excluding hydrogens is 424 g/mol. The van der Waals surface area contributed by atoms with Gasteiger partial charge in [-0.1, -0.05) is 73.1 Å². The summed E-state index contributed by atoms with van der Waals surface area (Å²) in [4.78, 5) is 27.6. The molecule has 0 saturated carbocycles. The lowest BCUT2D eigenvalue weighted by Gasteiger charge is -2.30. The average molecular weight is 453 g/mol. The molecule has 0 spiro atoms. The molecule has 0 aliphatic heterocycles. The Bertz CT molecular complexity index is 1080. The summed E-state index contributed by atoms with van der Waals surface area (Å²) in [7, 11) is 0. The van der Waals surface area contributed by atoms with Crippen molar-refractivity contribution in [3.05, 3.63) is 77.3 Å². The first-order valence-electron chi connectivity index (χ1n) is 10.8. The molecule has 0 radical (unpaired) electrons. The lowest BCUT2D eigenvalue weighted by Crippen LogP contribution is -2.50. The standard InChI is InChI=1S/C26H29ClN2O3/c1-4-18(2)28-26(31)19(3)29(16-21-11-6-8-14-23(21)27)25(30)17-32-24-15-9-12-20-10-5-7-13-22(20)24/h5-15,18-19H,4,16-17H2,1-3H3,(H,28,31)/t18-,19+/m1/s1. The first-order valence-corrected chi connectivity index (χ1v) is 11.2. The lowest BCUT2D eigenvalue weighted by molar-refractivity contribution is -0.142. The number of amides is 2. The summed E-state index contributed by atoms with van der Waals surface area (Å²) < 4.78 is 5.91. The van der Waals surface area contributed by atoms with Gasteiger partial charge in [-0.05, 0) is 43.4 Å². The van der Waals surface area contributed by atoms with Gasteiger partial charge in [-0.2, -0.15) is 0 Å². The van der Waals surface area contributed by atoms with E-state index in [1.807, 2.05) is 74.5 Å². The van der Waals surface area contributed by atoms with Crippen LogP contribution in [-0.2, 0) is 16.1 Å². The number of carbonyl (C=O) groups excluding carboxylic acids is 2. The lowest BCUT2D eigenvalue weighted by atomic mass is 10.1. The van der Waals surface area contributed by atoms with Crippen molar-refractivity contribution in [2.24, 2.45) is 0 Å². The predicted octanol–water partition coefficient (Wildman–Crippen LogP) is 5.20. The maximum atomic E-state index is 13.2. The van der Waals surface area contributed by atoms with Gasteiger partial charge in [-0.3, -0.25) is 9.59 Å². The molecule has 168 valence electrons. The quantitative estimate of drug-likeness (QED) is 0.485. The zero-order chi connectivity index (χ0) is 23.1. The number of benzene rings is 3. The van der Waals surface area contributed by atoms with Crippen molar-refractivity contribution < 1.29 is 14.3 Å². The van der Waals surface area contributed by atoms with E-state index in [2.05, 4.69) is 5.32 Å². The molecule has 2 amide bonds. The third-order valence-electron chi connectivity index (χ3n) is 5.57. The van der Waals surface area contributed by atoms with Gasteiger partial charge in [0.2, 0.25) is 5.91 Å². The Balaban J connectivity index is 1.80. The van der Waals surface area contributed by atoms with E-state index in [9.17, 15) is 9.59 Å². The monoisotopic (exact) mass is 452 g/mol. The van der Waals surface area contributed by atoms with Gasteiger partial charge in [-0.25, -0.2) is 0 Å². The van der Waals surface area contributed by atoms with Crippen LogP contribution in [0.3, 0.4) is 0 Å². The van der Waals surface area contributed by atoms with Crippen LogP contribution in [0.2, 0.25) is 5.02 Å². The molecule has 2 atom stereocenters. The molecule has 6 heteroatoms. The number of ether oxygens (including phenoxy) is 1. The highest BCUT2D eigenvalue weighted by molar-refractivity contribution is 6.31. The van der Waals surface area contributed by atoms with Crippen LogP contribution in [0.25, 0.3) is 10.8 Å². The maximum absolute atomic E-state index is 13.2. The second-order valence-electron chi connectivity index (χ2n) is 7.87. The zero-order valence-corrected chi connectivity index (χ0v) is 19.4. The summed E-state index contributed by atoms with van der Waals surface area (Å²) in [5, 5.41) is 5.47. The molecule has 3 aromatic carbocycles. The van der Waals surface area contributed by atoms with Gasteiger partial charge in [0.05, 0.1) is 0 Å². The molecule has 32 heavy (non-hydrogen) atoms. The van der Waals surface area contributed by atoms with Gasteiger partial charge >= 0.3 is 0 Å². The van der Waals surface area contributed by atoms with Crippen LogP contribution in [-0.4, -0.2) is 35.4 Å². The molecule has 0 bridgehead atoms. The van der Waals surface area contributed by atoms with Crippen LogP contribution in [0.5, 0.6) is 5.75 Å². The van der Waals surface area contributed by atoms with Crippen LogP contribution >= 0.6 is 11.6 Å². The minimum Gasteiger partial charge on any atom is -0.483 e. The van der Waals surface area contributed by atoms with Gasteiger partial charge in [0, 0.05) is 23.0 Å². The normalized spacial score (nSPS) is 12.8. The van der Waals surface area contributed by atoms with Crippen LogP contribution in [0, 0.1) is 0 Å². The van der Waals surface area contributed by atoms with E-state index in [0.29, 0.717) is 10.8 Å². The smallest absolute Gasteiger partial charge is 0.261 e. The number of hydrogen-bond donors (Lipinski definition) is 1. The Morgan fingerprint density at radius 2 is 1.69 bits per heavy atom. The average Bonchev–Trinajstić information content (AvgIpc) is 2.81. The molecule has 0 aliphatic carbocycles. The molecular formula is C26H29ClN2O3. The first-order chi connectivity index (χ1) is 15.4. The molecule has 0 unspecified atom stereocenters. The number of nitrogens with zero attached hydrogens (tertiary/aromatic N) is 1.